The lowest BCUT2D eigenvalue weighted by Gasteiger charge is -2.15. The van der Waals surface area contributed by atoms with Crippen LogP contribution in [0.1, 0.15) is 29.0 Å². The van der Waals surface area contributed by atoms with Gasteiger partial charge in [0.25, 0.3) is 0 Å². The molecule has 4 aromatic rings. The molecule has 290 valence electrons. The summed E-state index contributed by atoms with van der Waals surface area (Å²) in [6, 6.07) is 19.0. The Bertz CT molecular complexity index is 2200. The van der Waals surface area contributed by atoms with Gasteiger partial charge in [-0.3, -0.25) is 29.0 Å². The molecule has 19 heteroatoms. The van der Waals surface area contributed by atoms with Crippen LogP contribution in [0.4, 0.5) is 10.5 Å². The molecule has 0 bridgehead atoms. The number of fused-ring (bicyclic) bond motifs is 4. The lowest BCUT2D eigenvalue weighted by molar-refractivity contribution is -0.137. The van der Waals surface area contributed by atoms with E-state index in [1.165, 1.54) is 30.0 Å². The molecule has 6 rings (SSSR count). The SMILES string of the molecule is CC(NC(=O)CNC(=O)CNC(=O)CNC(=O)OCC1c2ccccc2-c2ccccc21)C(=O)NCC(=O)Nc1ccc2nc(C3=NC(C(=O)O)CS3)sc2c1. The number of carboxylic acids is 1. The molecule has 7 N–H and O–H groups in total. The van der Waals surface area contributed by atoms with E-state index in [0.717, 1.165) is 27.0 Å². The van der Waals surface area contributed by atoms with Gasteiger partial charge in [0.15, 0.2) is 6.04 Å². The largest absolute Gasteiger partial charge is 0.480 e. The number of nitrogens with zero attached hydrogens (tertiary/aromatic N) is 2. The summed E-state index contributed by atoms with van der Waals surface area (Å²) in [5.74, 6) is -4.00. The molecule has 17 nitrogen and oxygen atoms in total. The second-order valence-electron chi connectivity index (χ2n) is 12.6. The van der Waals surface area contributed by atoms with Gasteiger partial charge < -0.3 is 41.7 Å². The van der Waals surface area contributed by atoms with Gasteiger partial charge in [0, 0.05) is 17.4 Å². The average molecular weight is 801 g/mol. The zero-order valence-corrected chi connectivity index (χ0v) is 31.4. The van der Waals surface area contributed by atoms with Gasteiger partial charge >= 0.3 is 12.1 Å². The summed E-state index contributed by atoms with van der Waals surface area (Å²) in [6.07, 6.45) is -0.792. The van der Waals surface area contributed by atoms with Crippen LogP contribution < -0.4 is 31.9 Å². The van der Waals surface area contributed by atoms with Crippen molar-refractivity contribution in [3.63, 3.8) is 0 Å². The number of rotatable bonds is 15. The molecule has 0 fully saturated rings. The van der Waals surface area contributed by atoms with Crippen LogP contribution in [0.3, 0.4) is 0 Å². The minimum atomic E-state index is -1.04. The third kappa shape index (κ3) is 9.85. The van der Waals surface area contributed by atoms with Crippen LogP contribution in [-0.4, -0.2) is 107 Å². The predicted octanol–water partition coefficient (Wildman–Crippen LogP) is 1.57. The van der Waals surface area contributed by atoms with Gasteiger partial charge in [-0.25, -0.2) is 14.6 Å². The van der Waals surface area contributed by atoms with E-state index in [0.29, 0.717) is 27.0 Å². The zero-order valence-electron chi connectivity index (χ0n) is 29.7. The van der Waals surface area contributed by atoms with E-state index in [1.54, 1.807) is 18.2 Å². The van der Waals surface area contributed by atoms with Crippen LogP contribution in [0.5, 0.6) is 0 Å². The summed E-state index contributed by atoms with van der Waals surface area (Å²) in [7, 11) is 0. The molecule has 1 aliphatic heterocycles. The zero-order chi connectivity index (χ0) is 39.8. The standard InChI is InChI=1S/C37H36N8O9S2/c1-19(33(50)40-16-32(49)43-20-10-11-26-28(12-20)56-35(44-26)34-45-27(18-55-34)36(51)52)42-31(48)15-39-29(46)13-38-30(47)14-41-37(53)54-17-25-23-8-4-2-6-21(23)22-7-3-5-9-24(22)25/h2-12,19,25,27H,13-18H2,1H3,(H,38,47)(H,39,46)(H,40,50)(H,41,53)(H,42,48)(H,43,49)(H,51,52). The topological polar surface area (TPSA) is 246 Å². The van der Waals surface area contributed by atoms with E-state index < -0.39 is 73.3 Å². The van der Waals surface area contributed by atoms with Crippen molar-refractivity contribution in [2.45, 2.75) is 24.9 Å². The summed E-state index contributed by atoms with van der Waals surface area (Å²) >= 11 is 2.63. The molecule has 2 heterocycles. The highest BCUT2D eigenvalue weighted by molar-refractivity contribution is 8.15. The van der Waals surface area contributed by atoms with Crippen LogP contribution in [0.25, 0.3) is 21.3 Å². The summed E-state index contributed by atoms with van der Waals surface area (Å²) < 4.78 is 6.14. The van der Waals surface area contributed by atoms with Gasteiger partial charge in [0.1, 0.15) is 29.2 Å². The Morgan fingerprint density at radius 2 is 1.43 bits per heavy atom. The lowest BCUT2D eigenvalue weighted by atomic mass is 9.98. The van der Waals surface area contributed by atoms with Crippen molar-refractivity contribution in [2.24, 2.45) is 4.99 Å². The summed E-state index contributed by atoms with van der Waals surface area (Å²) in [6.45, 7) is -0.308. The van der Waals surface area contributed by atoms with Gasteiger partial charge in [0.05, 0.1) is 29.9 Å². The molecule has 1 aliphatic carbocycles. The molecule has 2 atom stereocenters. The Kier molecular flexibility index (Phi) is 12.6. The first-order valence-corrected chi connectivity index (χ1v) is 19.1. The number of aliphatic carboxylic acids is 1. The number of carbonyl (C=O) groups is 7. The molecule has 0 saturated heterocycles. The maximum atomic E-state index is 12.5. The highest BCUT2D eigenvalue weighted by Crippen LogP contribution is 2.44. The lowest BCUT2D eigenvalue weighted by Crippen LogP contribution is -2.50. The average Bonchev–Trinajstić information content (AvgIpc) is 3.93. The Labute approximate surface area is 327 Å². The van der Waals surface area contributed by atoms with E-state index in [4.69, 9.17) is 4.74 Å². The number of alkyl carbamates (subject to hydrolysis) is 1. The molecule has 6 amide bonds. The van der Waals surface area contributed by atoms with E-state index in [1.807, 2.05) is 48.5 Å². The number of ether oxygens (including phenoxy) is 1. The van der Waals surface area contributed by atoms with Crippen molar-refractivity contribution in [3.8, 4) is 11.1 Å². The van der Waals surface area contributed by atoms with Crippen molar-refractivity contribution < 1.29 is 43.4 Å². The molecule has 3 aromatic carbocycles. The third-order valence-corrected chi connectivity index (χ3v) is 10.8. The first-order valence-electron chi connectivity index (χ1n) is 17.3. The number of amides is 6. The second-order valence-corrected chi connectivity index (χ2v) is 14.6. The molecular weight excluding hydrogens is 765 g/mol. The maximum absolute atomic E-state index is 12.5. The van der Waals surface area contributed by atoms with Crippen LogP contribution in [0, 0.1) is 0 Å². The van der Waals surface area contributed by atoms with Gasteiger partial charge in [-0.1, -0.05) is 48.5 Å². The van der Waals surface area contributed by atoms with Crippen LogP contribution in [0.15, 0.2) is 71.7 Å². The monoisotopic (exact) mass is 800 g/mol. The Morgan fingerprint density at radius 3 is 2.09 bits per heavy atom. The second kappa shape index (κ2) is 17.9. The Morgan fingerprint density at radius 1 is 0.804 bits per heavy atom. The van der Waals surface area contributed by atoms with E-state index in [9.17, 15) is 38.7 Å². The van der Waals surface area contributed by atoms with Crippen molar-refractivity contribution in [1.82, 2.24) is 31.6 Å². The number of thiazole rings is 1. The number of nitrogens with one attached hydrogen (secondary N) is 6. The summed E-state index contributed by atoms with van der Waals surface area (Å²) in [4.78, 5) is 94.0. The number of benzene rings is 3. The summed E-state index contributed by atoms with van der Waals surface area (Å²) in [5, 5.41) is 24.9. The molecule has 2 aliphatic rings. The Hall–Kier alpha value is -6.34. The maximum Gasteiger partial charge on any atom is 0.407 e. The van der Waals surface area contributed by atoms with Crippen molar-refractivity contribution in [3.05, 3.63) is 82.9 Å². The van der Waals surface area contributed by atoms with Crippen molar-refractivity contribution in [1.29, 1.82) is 0 Å². The fourth-order valence-electron chi connectivity index (χ4n) is 5.88. The smallest absolute Gasteiger partial charge is 0.407 e. The van der Waals surface area contributed by atoms with Crippen LogP contribution in [0.2, 0.25) is 0 Å². The molecule has 0 radical (unpaired) electrons. The molecule has 0 saturated carbocycles. The molecule has 0 spiro atoms. The number of aliphatic imine (C=N–C) groups is 1. The highest BCUT2D eigenvalue weighted by atomic mass is 32.2. The third-order valence-electron chi connectivity index (χ3n) is 8.61. The number of thioether (sulfide) groups is 1. The van der Waals surface area contributed by atoms with Crippen LogP contribution >= 0.6 is 23.1 Å². The van der Waals surface area contributed by atoms with Crippen molar-refractivity contribution >= 4 is 85.6 Å². The molecule has 2 unspecified atom stereocenters. The highest BCUT2D eigenvalue weighted by Gasteiger charge is 2.29. The minimum absolute atomic E-state index is 0.0760. The van der Waals surface area contributed by atoms with Gasteiger partial charge in [0.2, 0.25) is 29.5 Å². The molecular formula is C37H36N8O9S2. The van der Waals surface area contributed by atoms with Gasteiger partial charge in [-0.05, 0) is 47.4 Å². The van der Waals surface area contributed by atoms with Gasteiger partial charge in [-0.2, -0.15) is 0 Å². The minimum Gasteiger partial charge on any atom is -0.480 e. The normalized spacial score (nSPS) is 14.7. The van der Waals surface area contributed by atoms with Crippen molar-refractivity contribution in [2.75, 3.05) is 43.9 Å². The van der Waals surface area contributed by atoms with E-state index >= 15 is 0 Å². The first-order chi connectivity index (χ1) is 26.9. The number of hydrogen-bond acceptors (Lipinski definition) is 12. The molecule has 56 heavy (non-hydrogen) atoms. The summed E-state index contributed by atoms with van der Waals surface area (Å²) in [5.41, 5.74) is 5.37. The van der Waals surface area contributed by atoms with Gasteiger partial charge in [-0.15, -0.1) is 23.1 Å². The Balaban J connectivity index is 0.836. The van der Waals surface area contributed by atoms with E-state index in [2.05, 4.69) is 41.9 Å². The number of carbonyl (C=O) groups excluding carboxylic acids is 6. The predicted molar refractivity (Wildman–Crippen MR) is 208 cm³/mol. The first kappa shape index (κ1) is 39.4. The fourth-order valence-corrected chi connectivity index (χ4v) is 7.98. The quantitative estimate of drug-likeness (QED) is 0.0910. The number of hydrogen-bond donors (Lipinski definition) is 7. The fraction of sp³-hybridized carbons (Fsp3) is 0.270. The number of carboxylic acid groups (broad SMARTS) is 1. The number of aromatic nitrogens is 1. The van der Waals surface area contributed by atoms with E-state index in [-0.39, 0.29) is 19.1 Å². The number of anilines is 1. The molecule has 1 aromatic heterocycles. The van der Waals surface area contributed by atoms with Crippen LogP contribution in [-0.2, 0) is 33.5 Å².